The van der Waals surface area contributed by atoms with Crippen molar-refractivity contribution in [2.45, 2.75) is 20.4 Å². The Kier molecular flexibility index (Phi) is 4.07. The van der Waals surface area contributed by atoms with E-state index in [1.165, 1.54) is 38.9 Å². The van der Waals surface area contributed by atoms with E-state index in [-0.39, 0.29) is 0 Å². The number of aryl methyl sites for hydroxylation is 1. The van der Waals surface area contributed by atoms with Gasteiger partial charge < -0.3 is 0 Å². The summed E-state index contributed by atoms with van der Waals surface area (Å²) in [5.41, 5.74) is 7.84. The van der Waals surface area contributed by atoms with Crippen LogP contribution in [0.2, 0.25) is 0 Å². The SMILES string of the molecule is Cc1cccc(-c2ccc3ccccc3[n+]2Cc2ccccc2)c1C. The van der Waals surface area contributed by atoms with Crippen LogP contribution in [0.5, 0.6) is 0 Å². The van der Waals surface area contributed by atoms with Gasteiger partial charge in [-0.25, -0.2) is 0 Å². The zero-order valence-electron chi connectivity index (χ0n) is 14.7. The summed E-state index contributed by atoms with van der Waals surface area (Å²) in [6, 6.07) is 30.4. The Hall–Kier alpha value is -2.93. The number of para-hydroxylation sites is 1. The van der Waals surface area contributed by atoms with Crippen LogP contribution in [-0.2, 0) is 6.54 Å². The smallest absolute Gasteiger partial charge is 0.187 e. The maximum atomic E-state index is 2.44. The summed E-state index contributed by atoms with van der Waals surface area (Å²) in [5, 5.41) is 1.27. The molecule has 0 amide bonds. The lowest BCUT2D eigenvalue weighted by Crippen LogP contribution is -2.38. The molecule has 0 aliphatic heterocycles. The highest BCUT2D eigenvalue weighted by Gasteiger charge is 2.19. The molecule has 0 aliphatic rings. The third-order valence-electron chi connectivity index (χ3n) is 5.00. The summed E-state index contributed by atoms with van der Waals surface area (Å²) in [4.78, 5) is 0. The number of benzene rings is 3. The average molecular weight is 324 g/mol. The molecule has 1 aromatic heterocycles. The first kappa shape index (κ1) is 15.6. The molecular formula is C24H22N+. The van der Waals surface area contributed by atoms with Crippen molar-refractivity contribution >= 4 is 10.9 Å². The Balaban J connectivity index is 1.98. The molecule has 0 bridgehead atoms. The van der Waals surface area contributed by atoms with Gasteiger partial charge in [0.15, 0.2) is 6.54 Å². The molecule has 1 heteroatoms. The Morgan fingerprint density at radius 1 is 0.680 bits per heavy atom. The molecule has 0 saturated heterocycles. The lowest BCUT2D eigenvalue weighted by atomic mass is 9.99. The third kappa shape index (κ3) is 2.94. The van der Waals surface area contributed by atoms with Gasteiger partial charge in [-0.2, -0.15) is 4.57 Å². The van der Waals surface area contributed by atoms with Crippen molar-refractivity contribution in [2.75, 3.05) is 0 Å². The van der Waals surface area contributed by atoms with E-state index in [0.717, 1.165) is 6.54 Å². The zero-order chi connectivity index (χ0) is 17.2. The molecule has 0 N–H and O–H groups in total. The van der Waals surface area contributed by atoms with Crippen LogP contribution in [0.4, 0.5) is 0 Å². The summed E-state index contributed by atoms with van der Waals surface area (Å²) >= 11 is 0. The standard InChI is InChI=1S/C24H22N/c1-18-9-8-13-22(19(18)2)24-16-15-21-12-6-7-14-23(21)25(24)17-20-10-4-3-5-11-20/h3-16H,17H2,1-2H3/q+1. The highest BCUT2D eigenvalue weighted by atomic mass is 15.0. The lowest BCUT2D eigenvalue weighted by Gasteiger charge is -2.11. The van der Waals surface area contributed by atoms with E-state index < -0.39 is 0 Å². The van der Waals surface area contributed by atoms with Gasteiger partial charge in [0.1, 0.15) is 0 Å². The topological polar surface area (TPSA) is 3.88 Å². The van der Waals surface area contributed by atoms with E-state index in [2.05, 4.69) is 103 Å². The van der Waals surface area contributed by atoms with Crippen LogP contribution in [0.15, 0.2) is 84.9 Å². The fourth-order valence-corrected chi connectivity index (χ4v) is 3.46. The monoisotopic (exact) mass is 324 g/mol. The zero-order valence-corrected chi connectivity index (χ0v) is 14.7. The number of pyridine rings is 1. The lowest BCUT2D eigenvalue weighted by molar-refractivity contribution is -0.651. The molecule has 25 heavy (non-hydrogen) atoms. The van der Waals surface area contributed by atoms with Crippen molar-refractivity contribution < 1.29 is 4.57 Å². The fourth-order valence-electron chi connectivity index (χ4n) is 3.46. The van der Waals surface area contributed by atoms with Gasteiger partial charge in [-0.05, 0) is 43.2 Å². The number of nitrogens with zero attached hydrogens (tertiary/aromatic N) is 1. The largest absolute Gasteiger partial charge is 0.213 e. The minimum absolute atomic E-state index is 0.866. The number of hydrogen-bond acceptors (Lipinski definition) is 0. The van der Waals surface area contributed by atoms with E-state index in [4.69, 9.17) is 0 Å². The van der Waals surface area contributed by atoms with Gasteiger partial charge >= 0.3 is 0 Å². The fraction of sp³-hybridized carbons (Fsp3) is 0.125. The van der Waals surface area contributed by atoms with Gasteiger partial charge in [0, 0.05) is 28.6 Å². The number of aromatic nitrogens is 1. The van der Waals surface area contributed by atoms with Gasteiger partial charge in [-0.3, -0.25) is 0 Å². The van der Waals surface area contributed by atoms with Crippen LogP contribution >= 0.6 is 0 Å². The van der Waals surface area contributed by atoms with Gasteiger partial charge in [0.2, 0.25) is 11.2 Å². The normalized spacial score (nSPS) is 11.0. The van der Waals surface area contributed by atoms with Crippen LogP contribution in [0, 0.1) is 13.8 Å². The first-order valence-corrected chi connectivity index (χ1v) is 8.76. The summed E-state index contributed by atoms with van der Waals surface area (Å²) in [5.74, 6) is 0. The molecule has 0 saturated carbocycles. The van der Waals surface area contributed by atoms with Crippen molar-refractivity contribution in [3.05, 3.63) is 102 Å². The minimum Gasteiger partial charge on any atom is -0.187 e. The van der Waals surface area contributed by atoms with Crippen LogP contribution in [0.3, 0.4) is 0 Å². The molecule has 0 atom stereocenters. The maximum absolute atomic E-state index is 2.44. The quantitative estimate of drug-likeness (QED) is 0.441. The van der Waals surface area contributed by atoms with E-state index in [1.807, 2.05) is 0 Å². The number of hydrogen-bond donors (Lipinski definition) is 0. The maximum Gasteiger partial charge on any atom is 0.213 e. The second-order valence-corrected chi connectivity index (χ2v) is 6.60. The molecule has 4 aromatic rings. The van der Waals surface area contributed by atoms with Gasteiger partial charge in [-0.15, -0.1) is 0 Å². The first-order chi connectivity index (χ1) is 12.2. The summed E-state index contributed by atoms with van der Waals surface area (Å²) in [7, 11) is 0. The Labute approximate surface area is 149 Å². The van der Waals surface area contributed by atoms with Gasteiger partial charge in [0.05, 0.1) is 0 Å². The molecule has 3 aromatic carbocycles. The van der Waals surface area contributed by atoms with E-state index >= 15 is 0 Å². The van der Waals surface area contributed by atoms with E-state index in [1.54, 1.807) is 0 Å². The first-order valence-electron chi connectivity index (χ1n) is 8.76. The predicted molar refractivity (Wildman–Crippen MR) is 105 cm³/mol. The number of fused-ring (bicyclic) bond motifs is 1. The second kappa shape index (κ2) is 6.52. The molecule has 0 spiro atoms. The summed E-state index contributed by atoms with van der Waals surface area (Å²) in [6.45, 7) is 5.26. The van der Waals surface area contributed by atoms with Crippen molar-refractivity contribution in [1.82, 2.24) is 0 Å². The van der Waals surface area contributed by atoms with E-state index in [0.29, 0.717) is 0 Å². The second-order valence-electron chi connectivity index (χ2n) is 6.60. The average Bonchev–Trinajstić information content (AvgIpc) is 2.65. The summed E-state index contributed by atoms with van der Waals surface area (Å²) in [6.07, 6.45) is 0. The van der Waals surface area contributed by atoms with Crippen molar-refractivity contribution in [3.8, 4) is 11.3 Å². The Morgan fingerprint density at radius 2 is 1.44 bits per heavy atom. The molecule has 1 nitrogen and oxygen atoms in total. The molecular weight excluding hydrogens is 302 g/mol. The van der Waals surface area contributed by atoms with Gasteiger partial charge in [-0.1, -0.05) is 54.6 Å². The van der Waals surface area contributed by atoms with Crippen LogP contribution in [-0.4, -0.2) is 0 Å². The van der Waals surface area contributed by atoms with Crippen molar-refractivity contribution in [2.24, 2.45) is 0 Å². The molecule has 0 radical (unpaired) electrons. The Morgan fingerprint density at radius 3 is 2.28 bits per heavy atom. The van der Waals surface area contributed by atoms with Crippen LogP contribution < -0.4 is 4.57 Å². The van der Waals surface area contributed by atoms with Crippen LogP contribution in [0.1, 0.15) is 16.7 Å². The highest BCUT2D eigenvalue weighted by Crippen LogP contribution is 2.25. The molecule has 0 fully saturated rings. The third-order valence-corrected chi connectivity index (χ3v) is 5.00. The number of rotatable bonds is 3. The minimum atomic E-state index is 0.866. The Bertz CT molecular complexity index is 1030. The van der Waals surface area contributed by atoms with E-state index in [9.17, 15) is 0 Å². The van der Waals surface area contributed by atoms with Gasteiger partial charge in [0.25, 0.3) is 0 Å². The summed E-state index contributed by atoms with van der Waals surface area (Å²) < 4.78 is 2.44. The van der Waals surface area contributed by atoms with Crippen LogP contribution in [0.25, 0.3) is 22.2 Å². The highest BCUT2D eigenvalue weighted by molar-refractivity contribution is 5.78. The predicted octanol–water partition coefficient (Wildman–Crippen LogP) is 5.46. The molecule has 0 aliphatic carbocycles. The van der Waals surface area contributed by atoms with Crippen molar-refractivity contribution in [3.63, 3.8) is 0 Å². The molecule has 122 valence electrons. The molecule has 1 heterocycles. The molecule has 4 rings (SSSR count). The molecule has 0 unspecified atom stereocenters. The van der Waals surface area contributed by atoms with Crippen molar-refractivity contribution in [1.29, 1.82) is 0 Å².